The Kier molecular flexibility index (Phi) is 8.71. The smallest absolute Gasteiger partial charge is 0.298 e. The number of ether oxygens (including phenoxy) is 1. The minimum absolute atomic E-state index is 0.00384. The lowest BCUT2D eigenvalue weighted by Gasteiger charge is -2.39. The molecule has 3 aromatic carbocycles. The number of fused-ring (bicyclic) bond motifs is 2. The Balaban J connectivity index is 1.01. The van der Waals surface area contributed by atoms with E-state index in [2.05, 4.69) is 29.8 Å². The first kappa shape index (κ1) is 33.0. The van der Waals surface area contributed by atoms with Crippen LogP contribution in [0.3, 0.4) is 0 Å². The van der Waals surface area contributed by atoms with E-state index < -0.39 is 17.2 Å². The molecule has 262 valence electrons. The van der Waals surface area contributed by atoms with Crippen LogP contribution in [0.2, 0.25) is 0 Å². The van der Waals surface area contributed by atoms with Crippen molar-refractivity contribution in [1.29, 1.82) is 0 Å². The molecule has 6 aromatic rings. The summed E-state index contributed by atoms with van der Waals surface area (Å²) in [6, 6.07) is 21.0. The summed E-state index contributed by atoms with van der Waals surface area (Å²) < 4.78 is 37.7. The molecule has 8 rings (SSSR count). The Hall–Kier alpha value is -5.22. The van der Waals surface area contributed by atoms with Crippen molar-refractivity contribution in [3.8, 4) is 11.4 Å². The molecule has 0 amide bonds. The maximum Gasteiger partial charge on any atom is 0.298 e. The van der Waals surface area contributed by atoms with Crippen molar-refractivity contribution >= 4 is 38.9 Å². The van der Waals surface area contributed by atoms with Gasteiger partial charge < -0.3 is 20.5 Å². The molecule has 3 aromatic heterocycles. The van der Waals surface area contributed by atoms with Gasteiger partial charge in [-0.05, 0) is 42.5 Å². The van der Waals surface area contributed by atoms with Crippen LogP contribution in [0.1, 0.15) is 10.4 Å². The zero-order chi connectivity index (χ0) is 35.1. The lowest BCUT2D eigenvalue weighted by Crippen LogP contribution is -2.52. The molecule has 1 fully saturated rings. The van der Waals surface area contributed by atoms with E-state index in [9.17, 15) is 18.7 Å². The second kappa shape index (κ2) is 13.5. The number of halogens is 2. The summed E-state index contributed by atoms with van der Waals surface area (Å²) in [5.74, 6) is -0.860. The highest BCUT2D eigenvalue weighted by atomic mass is 32.1. The SMILES string of the molecule is Nc1nc2sc(CN3CCN(CC(O)(Cn4cncn4)c4ccc(F)cc4F)CC3)cc2n(-c2ccc3c(c2)N(c2ccccc2)CCO3)c1=O. The van der Waals surface area contributed by atoms with Crippen molar-refractivity contribution in [2.75, 3.05) is 56.5 Å². The number of rotatable bonds is 9. The number of aliphatic hydroxyl groups is 1. The highest BCUT2D eigenvalue weighted by Crippen LogP contribution is 2.39. The van der Waals surface area contributed by atoms with E-state index in [1.54, 1.807) is 4.57 Å². The summed E-state index contributed by atoms with van der Waals surface area (Å²) in [5, 5.41) is 15.9. The number of aromatic nitrogens is 5. The summed E-state index contributed by atoms with van der Waals surface area (Å²) >= 11 is 1.49. The van der Waals surface area contributed by atoms with Crippen molar-refractivity contribution < 1.29 is 18.6 Å². The van der Waals surface area contributed by atoms with Crippen LogP contribution in [0.25, 0.3) is 16.0 Å². The molecule has 0 aliphatic carbocycles. The molecule has 0 radical (unpaired) electrons. The van der Waals surface area contributed by atoms with Crippen LogP contribution < -0.4 is 20.9 Å². The summed E-state index contributed by atoms with van der Waals surface area (Å²) in [6.07, 6.45) is 2.80. The molecule has 0 spiro atoms. The number of anilines is 3. The molecule has 12 nitrogen and oxygen atoms in total. The Bertz CT molecular complexity index is 2240. The fourth-order valence-electron chi connectivity index (χ4n) is 6.96. The van der Waals surface area contributed by atoms with Gasteiger partial charge in [0.1, 0.15) is 47.1 Å². The van der Waals surface area contributed by atoms with Crippen LogP contribution in [0.5, 0.6) is 5.75 Å². The average Bonchev–Trinajstić information content (AvgIpc) is 3.78. The normalized spacial score (nSPS) is 16.6. The zero-order valence-electron chi connectivity index (χ0n) is 27.5. The van der Waals surface area contributed by atoms with Gasteiger partial charge in [0.15, 0.2) is 5.82 Å². The van der Waals surface area contributed by atoms with Crippen LogP contribution in [0, 0.1) is 11.6 Å². The Morgan fingerprint density at radius 3 is 2.49 bits per heavy atom. The van der Waals surface area contributed by atoms with E-state index in [0.29, 0.717) is 61.9 Å². The predicted octanol–water partition coefficient (Wildman–Crippen LogP) is 4.14. The van der Waals surface area contributed by atoms with E-state index in [1.165, 1.54) is 34.7 Å². The number of piperazine rings is 1. The summed E-state index contributed by atoms with van der Waals surface area (Å²) in [7, 11) is 0. The standard InChI is InChI=1S/C36H35F2N9O3S/c37-24-6-8-28(29(38)16-24)36(49,21-45-23-40-22-41-45)20-44-12-10-43(11-13-44)19-27-18-31-34(51-27)42-33(39)35(48)47(31)26-7-9-32-30(17-26)46(14-15-50-32)25-4-2-1-3-5-25/h1-9,16-18,22-23,49H,10-15,19-21H2,(H2,39,42). The lowest BCUT2D eigenvalue weighted by atomic mass is 9.92. The maximum absolute atomic E-state index is 15.0. The fraction of sp³-hybridized carbons (Fsp3) is 0.278. The van der Waals surface area contributed by atoms with E-state index in [-0.39, 0.29) is 30.0 Å². The molecule has 5 heterocycles. The van der Waals surface area contributed by atoms with Gasteiger partial charge in [0.05, 0.1) is 30.0 Å². The third-order valence-corrected chi connectivity index (χ3v) is 10.4. The number of para-hydroxylation sites is 1. The number of benzene rings is 3. The molecule has 3 N–H and O–H groups in total. The topological polar surface area (TPSA) is 131 Å². The van der Waals surface area contributed by atoms with Crippen molar-refractivity contribution in [1.82, 2.24) is 34.1 Å². The molecule has 0 saturated carbocycles. The number of nitrogen functional groups attached to an aromatic ring is 1. The number of thiophene rings is 1. The molecule has 51 heavy (non-hydrogen) atoms. The van der Waals surface area contributed by atoms with Gasteiger partial charge in [0.25, 0.3) is 5.56 Å². The predicted molar refractivity (Wildman–Crippen MR) is 191 cm³/mol. The molecule has 2 aliphatic rings. The summed E-state index contributed by atoms with van der Waals surface area (Å²) in [4.78, 5) is 30.2. The number of β-amino-alcohol motifs (C(OH)–C–C–N with tert-alkyl or cyclic N) is 1. The monoisotopic (exact) mass is 711 g/mol. The van der Waals surface area contributed by atoms with Crippen LogP contribution in [0.15, 0.2) is 90.2 Å². The van der Waals surface area contributed by atoms with Gasteiger partial charge in [-0.3, -0.25) is 19.2 Å². The molecule has 1 unspecified atom stereocenters. The van der Waals surface area contributed by atoms with E-state index in [1.807, 2.05) is 54.6 Å². The molecule has 1 atom stereocenters. The quantitative estimate of drug-likeness (QED) is 0.226. The number of hydrogen-bond donors (Lipinski definition) is 2. The van der Waals surface area contributed by atoms with Crippen LogP contribution in [-0.4, -0.2) is 85.1 Å². The molecule has 0 bridgehead atoms. The molecule has 2 aliphatic heterocycles. The van der Waals surface area contributed by atoms with E-state index in [0.717, 1.165) is 34.1 Å². The van der Waals surface area contributed by atoms with Gasteiger partial charge in [-0.15, -0.1) is 11.3 Å². The molecular formula is C36H35F2N9O3S. The third kappa shape index (κ3) is 6.56. The summed E-state index contributed by atoms with van der Waals surface area (Å²) in [5.41, 5.74) is 7.36. The Morgan fingerprint density at radius 2 is 1.73 bits per heavy atom. The molecule has 15 heteroatoms. The van der Waals surface area contributed by atoms with Crippen LogP contribution in [-0.2, 0) is 18.7 Å². The van der Waals surface area contributed by atoms with Gasteiger partial charge in [-0.25, -0.2) is 23.4 Å². The maximum atomic E-state index is 15.0. The number of nitrogens with two attached hydrogens (primary N) is 1. The number of nitrogens with zero attached hydrogens (tertiary/aromatic N) is 8. The highest BCUT2D eigenvalue weighted by Gasteiger charge is 2.36. The first-order chi connectivity index (χ1) is 24.7. The Labute approximate surface area is 295 Å². The van der Waals surface area contributed by atoms with E-state index in [4.69, 9.17) is 10.5 Å². The minimum Gasteiger partial charge on any atom is -0.490 e. The second-order valence-electron chi connectivity index (χ2n) is 12.8. The van der Waals surface area contributed by atoms with Crippen LogP contribution >= 0.6 is 11.3 Å². The van der Waals surface area contributed by atoms with Crippen molar-refractivity contribution in [3.05, 3.63) is 118 Å². The van der Waals surface area contributed by atoms with Crippen LogP contribution in [0.4, 0.5) is 26.0 Å². The molecule has 1 saturated heterocycles. The first-order valence-corrected chi connectivity index (χ1v) is 17.4. The van der Waals surface area contributed by atoms with Crippen molar-refractivity contribution in [2.24, 2.45) is 0 Å². The highest BCUT2D eigenvalue weighted by molar-refractivity contribution is 7.18. The second-order valence-corrected chi connectivity index (χ2v) is 13.9. The first-order valence-electron chi connectivity index (χ1n) is 16.6. The largest absolute Gasteiger partial charge is 0.490 e. The van der Waals surface area contributed by atoms with E-state index >= 15 is 0 Å². The van der Waals surface area contributed by atoms with Crippen molar-refractivity contribution in [2.45, 2.75) is 18.7 Å². The Morgan fingerprint density at radius 1 is 0.922 bits per heavy atom. The lowest BCUT2D eigenvalue weighted by molar-refractivity contribution is -0.0323. The minimum atomic E-state index is -1.67. The summed E-state index contributed by atoms with van der Waals surface area (Å²) in [6.45, 7) is 4.50. The van der Waals surface area contributed by atoms with Gasteiger partial charge in [0.2, 0.25) is 0 Å². The van der Waals surface area contributed by atoms with Gasteiger partial charge >= 0.3 is 0 Å². The number of hydrogen-bond acceptors (Lipinski definition) is 11. The fourth-order valence-corrected chi connectivity index (χ4v) is 8.03. The molecular weight excluding hydrogens is 677 g/mol. The zero-order valence-corrected chi connectivity index (χ0v) is 28.3. The average molecular weight is 712 g/mol. The third-order valence-electron chi connectivity index (χ3n) is 9.41. The van der Waals surface area contributed by atoms with Gasteiger partial charge in [0, 0.05) is 61.5 Å². The van der Waals surface area contributed by atoms with Gasteiger partial charge in [-0.2, -0.15) is 5.10 Å². The van der Waals surface area contributed by atoms with Gasteiger partial charge in [-0.1, -0.05) is 24.3 Å². The van der Waals surface area contributed by atoms with Crippen molar-refractivity contribution in [3.63, 3.8) is 0 Å².